The smallest absolute Gasteiger partial charge is 0.115 e. The highest BCUT2D eigenvalue weighted by Crippen LogP contribution is 2.15. The minimum absolute atomic E-state index is 0.227. The Balaban J connectivity index is 2.13. The number of nitrogens with one attached hydrogen (secondary N) is 1. The lowest BCUT2D eigenvalue weighted by Gasteiger charge is -2.16. The summed E-state index contributed by atoms with van der Waals surface area (Å²) in [5, 5.41) is 3.44. The highest BCUT2D eigenvalue weighted by molar-refractivity contribution is 5.15. The van der Waals surface area contributed by atoms with Crippen LogP contribution < -0.4 is 5.32 Å². The van der Waals surface area contributed by atoms with E-state index in [1.165, 1.54) is 5.56 Å². The molecule has 2 rings (SSSR count). The van der Waals surface area contributed by atoms with E-state index in [1.807, 2.05) is 30.6 Å². The molecule has 0 saturated heterocycles. The van der Waals surface area contributed by atoms with Crippen molar-refractivity contribution in [2.24, 2.45) is 0 Å². The van der Waals surface area contributed by atoms with Crippen molar-refractivity contribution in [3.63, 3.8) is 0 Å². The second kappa shape index (κ2) is 6.06. The first kappa shape index (κ1) is 11.7. The van der Waals surface area contributed by atoms with Crippen LogP contribution in [0.4, 0.5) is 0 Å². The van der Waals surface area contributed by atoms with E-state index in [1.54, 1.807) is 12.5 Å². The fourth-order valence-electron chi connectivity index (χ4n) is 1.79. The van der Waals surface area contributed by atoms with Gasteiger partial charge in [0.15, 0.2) is 0 Å². The van der Waals surface area contributed by atoms with Gasteiger partial charge >= 0.3 is 0 Å². The standard InChI is InChI=1S/C13H16N4/c1-2-16-13(12-5-8-15-10-17-12)9-11-3-6-14-7-4-11/h3-8,10,13,16H,2,9H2,1H3. The van der Waals surface area contributed by atoms with Crippen molar-refractivity contribution in [2.45, 2.75) is 19.4 Å². The molecule has 0 saturated carbocycles. The summed E-state index contributed by atoms with van der Waals surface area (Å²) in [5.41, 5.74) is 2.28. The minimum atomic E-state index is 0.227. The van der Waals surface area contributed by atoms with Gasteiger partial charge in [0, 0.05) is 18.6 Å². The number of hydrogen-bond acceptors (Lipinski definition) is 4. The number of rotatable bonds is 5. The van der Waals surface area contributed by atoms with E-state index in [0.29, 0.717) is 0 Å². The van der Waals surface area contributed by atoms with Crippen LogP contribution in [-0.4, -0.2) is 21.5 Å². The Morgan fingerprint density at radius 2 is 1.88 bits per heavy atom. The van der Waals surface area contributed by atoms with Crippen LogP contribution in [0.25, 0.3) is 0 Å². The molecule has 17 heavy (non-hydrogen) atoms. The zero-order valence-corrected chi connectivity index (χ0v) is 9.87. The first-order valence-electron chi connectivity index (χ1n) is 5.78. The molecular formula is C13H16N4. The van der Waals surface area contributed by atoms with Crippen LogP contribution in [0, 0.1) is 0 Å². The topological polar surface area (TPSA) is 50.7 Å². The highest BCUT2D eigenvalue weighted by Gasteiger charge is 2.11. The average molecular weight is 228 g/mol. The number of aromatic nitrogens is 3. The molecule has 0 bridgehead atoms. The van der Waals surface area contributed by atoms with Crippen molar-refractivity contribution in [3.8, 4) is 0 Å². The number of hydrogen-bond donors (Lipinski definition) is 1. The Hall–Kier alpha value is -1.81. The molecule has 0 radical (unpaired) electrons. The Morgan fingerprint density at radius 1 is 1.12 bits per heavy atom. The van der Waals surface area contributed by atoms with Gasteiger partial charge in [-0.1, -0.05) is 6.92 Å². The summed E-state index contributed by atoms with van der Waals surface area (Å²) in [6.07, 6.45) is 7.91. The maximum Gasteiger partial charge on any atom is 0.115 e. The summed E-state index contributed by atoms with van der Waals surface area (Å²) in [4.78, 5) is 12.3. The molecule has 88 valence electrons. The Morgan fingerprint density at radius 3 is 2.53 bits per heavy atom. The van der Waals surface area contributed by atoms with Crippen LogP contribution in [0.5, 0.6) is 0 Å². The first-order chi connectivity index (χ1) is 8.40. The molecule has 4 heteroatoms. The minimum Gasteiger partial charge on any atom is -0.309 e. The fraction of sp³-hybridized carbons (Fsp3) is 0.308. The van der Waals surface area contributed by atoms with Gasteiger partial charge in [-0.15, -0.1) is 0 Å². The maximum atomic E-state index is 4.30. The molecule has 2 aromatic heterocycles. The molecule has 0 aliphatic carbocycles. The van der Waals surface area contributed by atoms with E-state index >= 15 is 0 Å². The quantitative estimate of drug-likeness (QED) is 0.847. The van der Waals surface area contributed by atoms with Gasteiger partial charge in [-0.2, -0.15) is 0 Å². The maximum absolute atomic E-state index is 4.30. The van der Waals surface area contributed by atoms with Gasteiger partial charge in [-0.05, 0) is 36.7 Å². The van der Waals surface area contributed by atoms with Crippen LogP contribution in [0.15, 0.2) is 43.1 Å². The fourth-order valence-corrected chi connectivity index (χ4v) is 1.79. The molecule has 0 spiro atoms. The van der Waals surface area contributed by atoms with Crippen LogP contribution in [-0.2, 0) is 6.42 Å². The van der Waals surface area contributed by atoms with Gasteiger partial charge in [-0.25, -0.2) is 9.97 Å². The van der Waals surface area contributed by atoms with Gasteiger partial charge in [0.2, 0.25) is 0 Å². The number of likely N-dealkylation sites (N-methyl/N-ethyl adjacent to an activating group) is 1. The zero-order valence-electron chi connectivity index (χ0n) is 9.87. The van der Waals surface area contributed by atoms with E-state index < -0.39 is 0 Å². The first-order valence-corrected chi connectivity index (χ1v) is 5.78. The second-order valence-corrected chi connectivity index (χ2v) is 3.80. The largest absolute Gasteiger partial charge is 0.309 e. The second-order valence-electron chi connectivity index (χ2n) is 3.80. The predicted molar refractivity (Wildman–Crippen MR) is 66.4 cm³/mol. The molecule has 1 atom stereocenters. The van der Waals surface area contributed by atoms with E-state index in [0.717, 1.165) is 18.7 Å². The molecule has 0 fully saturated rings. The highest BCUT2D eigenvalue weighted by atomic mass is 14.9. The van der Waals surface area contributed by atoms with Crippen LogP contribution >= 0.6 is 0 Å². The normalized spacial score (nSPS) is 12.3. The summed E-state index contributed by atoms with van der Waals surface area (Å²) in [6, 6.07) is 6.25. The van der Waals surface area contributed by atoms with Gasteiger partial charge in [0.05, 0.1) is 11.7 Å². The summed E-state index contributed by atoms with van der Waals surface area (Å²) < 4.78 is 0. The van der Waals surface area contributed by atoms with Gasteiger partial charge in [0.25, 0.3) is 0 Å². The molecule has 0 aliphatic rings. The van der Waals surface area contributed by atoms with Crippen molar-refractivity contribution >= 4 is 0 Å². The van der Waals surface area contributed by atoms with E-state index in [-0.39, 0.29) is 6.04 Å². The summed E-state index contributed by atoms with van der Waals surface area (Å²) >= 11 is 0. The van der Waals surface area contributed by atoms with Crippen molar-refractivity contribution in [1.29, 1.82) is 0 Å². The van der Waals surface area contributed by atoms with Gasteiger partial charge < -0.3 is 5.32 Å². The van der Waals surface area contributed by atoms with Crippen molar-refractivity contribution < 1.29 is 0 Å². The lowest BCUT2D eigenvalue weighted by molar-refractivity contribution is 0.535. The molecule has 0 aliphatic heterocycles. The summed E-state index contributed by atoms with van der Waals surface area (Å²) in [6.45, 7) is 3.01. The van der Waals surface area contributed by atoms with Crippen molar-refractivity contribution in [3.05, 3.63) is 54.4 Å². The average Bonchev–Trinajstić information content (AvgIpc) is 2.40. The monoisotopic (exact) mass is 228 g/mol. The predicted octanol–water partition coefficient (Wildman–Crippen LogP) is 1.76. The summed E-state index contributed by atoms with van der Waals surface area (Å²) in [5.74, 6) is 0. The number of pyridine rings is 1. The lowest BCUT2D eigenvalue weighted by atomic mass is 10.0. The van der Waals surface area contributed by atoms with E-state index in [9.17, 15) is 0 Å². The van der Waals surface area contributed by atoms with Gasteiger partial charge in [-0.3, -0.25) is 4.98 Å². The Bertz CT molecular complexity index is 430. The number of nitrogens with zero attached hydrogens (tertiary/aromatic N) is 3. The Labute approximate surface area is 101 Å². The molecule has 1 unspecified atom stereocenters. The van der Waals surface area contributed by atoms with Gasteiger partial charge in [0.1, 0.15) is 6.33 Å². The molecule has 0 aromatic carbocycles. The lowest BCUT2D eigenvalue weighted by Crippen LogP contribution is -2.23. The molecule has 0 amide bonds. The van der Waals surface area contributed by atoms with Crippen LogP contribution in [0.3, 0.4) is 0 Å². The van der Waals surface area contributed by atoms with Crippen molar-refractivity contribution in [1.82, 2.24) is 20.3 Å². The summed E-state index contributed by atoms with van der Waals surface area (Å²) in [7, 11) is 0. The zero-order chi connectivity index (χ0) is 11.9. The third kappa shape index (κ3) is 3.32. The third-order valence-electron chi connectivity index (χ3n) is 2.60. The molecule has 4 nitrogen and oxygen atoms in total. The van der Waals surface area contributed by atoms with E-state index in [2.05, 4.69) is 27.2 Å². The van der Waals surface area contributed by atoms with Crippen LogP contribution in [0.2, 0.25) is 0 Å². The Kier molecular flexibility index (Phi) is 4.16. The molecule has 2 heterocycles. The SMILES string of the molecule is CCNC(Cc1ccncc1)c1ccncn1. The van der Waals surface area contributed by atoms with Crippen molar-refractivity contribution in [2.75, 3.05) is 6.54 Å². The molecule has 2 aromatic rings. The molecule has 1 N–H and O–H groups in total. The van der Waals surface area contributed by atoms with E-state index in [4.69, 9.17) is 0 Å². The third-order valence-corrected chi connectivity index (χ3v) is 2.60. The molecular weight excluding hydrogens is 212 g/mol. The van der Waals surface area contributed by atoms with Crippen LogP contribution in [0.1, 0.15) is 24.2 Å².